The molecule has 0 aliphatic rings. The van der Waals surface area contributed by atoms with Gasteiger partial charge >= 0.3 is 0 Å². The summed E-state index contributed by atoms with van der Waals surface area (Å²) in [6, 6.07) is 16.8. The van der Waals surface area contributed by atoms with Crippen molar-refractivity contribution in [3.8, 4) is 11.3 Å². The Balaban J connectivity index is 2.30. The van der Waals surface area contributed by atoms with Gasteiger partial charge in [-0.15, -0.1) is 0 Å². The molecular weight excluding hydrogens is 208 g/mol. The molecule has 0 fully saturated rings. The lowest BCUT2D eigenvalue weighted by Crippen LogP contribution is -2.17. The highest BCUT2D eigenvalue weighted by Crippen LogP contribution is 2.19. The van der Waals surface area contributed by atoms with Crippen LogP contribution in [0.5, 0.6) is 0 Å². The van der Waals surface area contributed by atoms with Crippen LogP contribution in [0, 0.1) is 0 Å². The van der Waals surface area contributed by atoms with Crippen LogP contribution in [0.15, 0.2) is 60.9 Å². The summed E-state index contributed by atoms with van der Waals surface area (Å²) in [6.45, 7) is 3.16. The van der Waals surface area contributed by atoms with Crippen molar-refractivity contribution in [2.75, 3.05) is 0 Å². The number of pyridine rings is 1. The van der Waals surface area contributed by atoms with E-state index in [1.807, 2.05) is 0 Å². The van der Waals surface area contributed by atoms with Crippen molar-refractivity contribution < 1.29 is 4.40 Å². The first-order valence-corrected chi connectivity index (χ1v) is 5.95. The Bertz CT molecular complexity index is 638. The molecular formula is C15H15N2+. The first-order valence-electron chi connectivity index (χ1n) is 5.95. The SMILES string of the molecule is CCn1c(-c2ccccc2)c[n+]2ccccc12. The summed E-state index contributed by atoms with van der Waals surface area (Å²) in [5, 5.41) is 0. The zero-order valence-corrected chi connectivity index (χ0v) is 9.88. The summed E-state index contributed by atoms with van der Waals surface area (Å²) in [6.07, 6.45) is 4.28. The number of fused-ring (bicyclic) bond motifs is 1. The fourth-order valence-electron chi connectivity index (χ4n) is 2.28. The molecule has 0 saturated heterocycles. The van der Waals surface area contributed by atoms with Gasteiger partial charge in [-0.25, -0.2) is 8.97 Å². The second-order valence-corrected chi connectivity index (χ2v) is 4.09. The van der Waals surface area contributed by atoms with Crippen LogP contribution in [0.2, 0.25) is 0 Å². The fourth-order valence-corrected chi connectivity index (χ4v) is 2.28. The van der Waals surface area contributed by atoms with Crippen LogP contribution in [0.4, 0.5) is 0 Å². The molecule has 2 heterocycles. The smallest absolute Gasteiger partial charge is 0.223 e. The van der Waals surface area contributed by atoms with Crippen molar-refractivity contribution in [1.82, 2.24) is 4.57 Å². The van der Waals surface area contributed by atoms with Crippen LogP contribution in [-0.4, -0.2) is 4.57 Å². The minimum Gasteiger partial charge on any atom is -0.223 e. The molecule has 0 atom stereocenters. The molecule has 0 N–H and O–H groups in total. The van der Waals surface area contributed by atoms with E-state index < -0.39 is 0 Å². The summed E-state index contributed by atoms with van der Waals surface area (Å²) in [5.74, 6) is 0. The molecule has 3 rings (SSSR count). The minimum absolute atomic E-state index is 0.977. The third-order valence-corrected chi connectivity index (χ3v) is 3.08. The third kappa shape index (κ3) is 1.62. The number of hydrogen-bond acceptors (Lipinski definition) is 0. The normalized spacial score (nSPS) is 10.9. The zero-order valence-electron chi connectivity index (χ0n) is 9.88. The van der Waals surface area contributed by atoms with Crippen LogP contribution in [0.1, 0.15) is 6.92 Å². The van der Waals surface area contributed by atoms with E-state index in [0.29, 0.717) is 0 Å². The van der Waals surface area contributed by atoms with E-state index >= 15 is 0 Å². The lowest BCUT2D eigenvalue weighted by molar-refractivity contribution is -0.510. The molecule has 2 heteroatoms. The molecule has 0 unspecified atom stereocenters. The summed E-state index contributed by atoms with van der Waals surface area (Å²) in [4.78, 5) is 0. The minimum atomic E-state index is 0.977. The quantitative estimate of drug-likeness (QED) is 0.591. The predicted molar refractivity (Wildman–Crippen MR) is 68.7 cm³/mol. The monoisotopic (exact) mass is 223 g/mol. The van der Waals surface area contributed by atoms with Gasteiger partial charge in [0.15, 0.2) is 5.69 Å². The topological polar surface area (TPSA) is 9.03 Å². The number of rotatable bonds is 2. The number of hydrogen-bond donors (Lipinski definition) is 0. The van der Waals surface area contributed by atoms with E-state index in [-0.39, 0.29) is 0 Å². The number of nitrogens with zero attached hydrogens (tertiary/aromatic N) is 2. The Labute approximate surface area is 101 Å². The van der Waals surface area contributed by atoms with E-state index in [1.54, 1.807) is 0 Å². The highest BCUT2D eigenvalue weighted by Gasteiger charge is 2.16. The highest BCUT2D eigenvalue weighted by atomic mass is 15.1. The zero-order chi connectivity index (χ0) is 11.7. The van der Waals surface area contributed by atoms with Gasteiger partial charge in [-0.2, -0.15) is 0 Å². The molecule has 0 bridgehead atoms. The van der Waals surface area contributed by atoms with Crippen molar-refractivity contribution in [2.24, 2.45) is 0 Å². The average molecular weight is 223 g/mol. The Hall–Kier alpha value is -2.09. The molecule has 0 radical (unpaired) electrons. The Morgan fingerprint density at radius 2 is 1.76 bits per heavy atom. The molecule has 0 saturated carbocycles. The first kappa shape index (κ1) is 10.1. The molecule has 0 aliphatic carbocycles. The molecule has 0 amide bonds. The van der Waals surface area contributed by atoms with Crippen molar-refractivity contribution >= 4 is 5.65 Å². The molecule has 2 nitrogen and oxygen atoms in total. The Kier molecular flexibility index (Phi) is 2.41. The molecule has 3 aromatic rings. The second kappa shape index (κ2) is 4.06. The number of aromatic nitrogens is 2. The van der Waals surface area contributed by atoms with E-state index in [4.69, 9.17) is 0 Å². The van der Waals surface area contributed by atoms with Gasteiger partial charge in [0.2, 0.25) is 0 Å². The van der Waals surface area contributed by atoms with Gasteiger partial charge in [0.05, 0.1) is 12.7 Å². The van der Waals surface area contributed by atoms with Crippen molar-refractivity contribution in [1.29, 1.82) is 0 Å². The number of imidazole rings is 1. The lowest BCUT2D eigenvalue weighted by atomic mass is 10.2. The molecule has 84 valence electrons. The molecule has 0 spiro atoms. The Morgan fingerprint density at radius 1 is 1.00 bits per heavy atom. The summed E-state index contributed by atoms with van der Waals surface area (Å²) >= 11 is 0. The van der Waals surface area contributed by atoms with Gasteiger partial charge in [0.1, 0.15) is 6.20 Å². The number of benzene rings is 1. The van der Waals surface area contributed by atoms with Crippen molar-refractivity contribution in [3.63, 3.8) is 0 Å². The van der Waals surface area contributed by atoms with Crippen molar-refractivity contribution in [3.05, 3.63) is 60.9 Å². The van der Waals surface area contributed by atoms with Crippen LogP contribution >= 0.6 is 0 Å². The molecule has 0 aliphatic heterocycles. The average Bonchev–Trinajstić information content (AvgIpc) is 2.78. The van der Waals surface area contributed by atoms with Gasteiger partial charge < -0.3 is 0 Å². The summed E-state index contributed by atoms with van der Waals surface area (Å²) < 4.78 is 4.50. The van der Waals surface area contributed by atoms with E-state index in [1.165, 1.54) is 16.9 Å². The van der Waals surface area contributed by atoms with Crippen LogP contribution in [-0.2, 0) is 6.54 Å². The third-order valence-electron chi connectivity index (χ3n) is 3.08. The van der Waals surface area contributed by atoms with Gasteiger partial charge in [-0.3, -0.25) is 0 Å². The van der Waals surface area contributed by atoms with Gasteiger partial charge in [0, 0.05) is 11.6 Å². The van der Waals surface area contributed by atoms with Crippen LogP contribution in [0.25, 0.3) is 16.9 Å². The van der Waals surface area contributed by atoms with Gasteiger partial charge in [-0.1, -0.05) is 36.4 Å². The first-order chi connectivity index (χ1) is 8.40. The van der Waals surface area contributed by atoms with E-state index in [0.717, 1.165) is 6.54 Å². The largest absolute Gasteiger partial charge is 0.286 e. The van der Waals surface area contributed by atoms with E-state index in [9.17, 15) is 0 Å². The van der Waals surface area contributed by atoms with Gasteiger partial charge in [0.25, 0.3) is 5.65 Å². The molecule has 2 aromatic heterocycles. The second-order valence-electron chi connectivity index (χ2n) is 4.09. The van der Waals surface area contributed by atoms with Crippen LogP contribution < -0.4 is 4.40 Å². The van der Waals surface area contributed by atoms with Crippen LogP contribution in [0.3, 0.4) is 0 Å². The maximum atomic E-state index is 2.33. The van der Waals surface area contributed by atoms with E-state index in [2.05, 4.69) is 76.8 Å². The molecule has 1 aromatic carbocycles. The fraction of sp³-hybridized carbons (Fsp3) is 0.133. The highest BCUT2D eigenvalue weighted by molar-refractivity contribution is 5.61. The maximum absolute atomic E-state index is 2.33. The Morgan fingerprint density at radius 3 is 2.53 bits per heavy atom. The summed E-state index contributed by atoms with van der Waals surface area (Å²) in [7, 11) is 0. The standard InChI is InChI=1S/C15H15N2/c1-2-17-14(13-8-4-3-5-9-13)12-16-11-7-6-10-15(16)17/h3-12H,2H2,1H3/q+1. The lowest BCUT2D eigenvalue weighted by Gasteiger charge is -1.98. The molecule has 17 heavy (non-hydrogen) atoms. The van der Waals surface area contributed by atoms with Gasteiger partial charge in [-0.05, 0) is 13.0 Å². The summed E-state index contributed by atoms with van der Waals surface area (Å²) in [5.41, 5.74) is 3.76. The predicted octanol–water partition coefficient (Wildman–Crippen LogP) is 2.91. The van der Waals surface area contributed by atoms with Crippen molar-refractivity contribution in [2.45, 2.75) is 13.5 Å². The maximum Gasteiger partial charge on any atom is 0.286 e. The number of aryl methyl sites for hydroxylation is 1.